The standard InChI is InChI=1S/C18H30N2O/c1-5-21-18-12-16(13-19-14(2)3)9-10-17(18)20-11-7-6-8-15(20)4/h9-10,12,14-15,19H,5-8,11,13H2,1-4H3. The van der Waals surface area contributed by atoms with Crippen molar-refractivity contribution in [1.29, 1.82) is 0 Å². The fraction of sp³-hybridized carbons (Fsp3) is 0.667. The molecule has 1 N–H and O–H groups in total. The Bertz CT molecular complexity index is 445. The first-order valence-electron chi connectivity index (χ1n) is 8.37. The third-order valence-electron chi connectivity index (χ3n) is 4.15. The van der Waals surface area contributed by atoms with Crippen LogP contribution >= 0.6 is 0 Å². The van der Waals surface area contributed by atoms with Crippen LogP contribution in [-0.4, -0.2) is 25.2 Å². The van der Waals surface area contributed by atoms with Crippen LogP contribution in [0, 0.1) is 0 Å². The minimum Gasteiger partial charge on any atom is -0.492 e. The van der Waals surface area contributed by atoms with Crippen LogP contribution in [0.25, 0.3) is 0 Å². The predicted octanol–water partition coefficient (Wildman–Crippen LogP) is 3.96. The normalized spacial score (nSPS) is 19.1. The molecule has 3 heteroatoms. The lowest BCUT2D eigenvalue weighted by molar-refractivity contribution is 0.337. The van der Waals surface area contributed by atoms with Gasteiger partial charge in [-0.15, -0.1) is 0 Å². The molecule has 1 heterocycles. The summed E-state index contributed by atoms with van der Waals surface area (Å²) in [6.45, 7) is 11.5. The largest absolute Gasteiger partial charge is 0.492 e. The Hall–Kier alpha value is -1.22. The Morgan fingerprint density at radius 1 is 1.33 bits per heavy atom. The number of hydrogen-bond acceptors (Lipinski definition) is 3. The molecule has 21 heavy (non-hydrogen) atoms. The summed E-state index contributed by atoms with van der Waals surface area (Å²) in [4.78, 5) is 2.51. The van der Waals surface area contributed by atoms with Crippen molar-refractivity contribution in [3.05, 3.63) is 23.8 Å². The second-order valence-corrected chi connectivity index (χ2v) is 6.31. The number of nitrogens with one attached hydrogen (secondary N) is 1. The van der Waals surface area contributed by atoms with E-state index in [0.717, 1.165) is 25.4 Å². The average molecular weight is 290 g/mol. The third kappa shape index (κ3) is 4.37. The number of benzene rings is 1. The van der Waals surface area contributed by atoms with Gasteiger partial charge in [0.15, 0.2) is 0 Å². The Labute approximate surface area is 129 Å². The molecule has 1 aromatic carbocycles. The van der Waals surface area contributed by atoms with E-state index in [1.807, 2.05) is 0 Å². The highest BCUT2D eigenvalue weighted by atomic mass is 16.5. The van der Waals surface area contributed by atoms with E-state index < -0.39 is 0 Å². The molecule has 1 atom stereocenters. The second kappa shape index (κ2) is 7.69. The molecule has 0 spiro atoms. The van der Waals surface area contributed by atoms with Crippen molar-refractivity contribution in [3.8, 4) is 5.75 Å². The van der Waals surface area contributed by atoms with E-state index in [1.54, 1.807) is 0 Å². The molecule has 0 radical (unpaired) electrons. The van der Waals surface area contributed by atoms with Crippen LogP contribution in [0.5, 0.6) is 5.75 Å². The lowest BCUT2D eigenvalue weighted by Gasteiger charge is -2.36. The molecule has 1 aliphatic rings. The van der Waals surface area contributed by atoms with Gasteiger partial charge in [-0.25, -0.2) is 0 Å². The van der Waals surface area contributed by atoms with E-state index in [-0.39, 0.29) is 0 Å². The van der Waals surface area contributed by atoms with Crippen molar-refractivity contribution >= 4 is 5.69 Å². The van der Waals surface area contributed by atoms with E-state index >= 15 is 0 Å². The zero-order valence-electron chi connectivity index (χ0n) is 14.0. The molecule has 0 aromatic heterocycles. The van der Waals surface area contributed by atoms with Crippen LogP contribution in [0.15, 0.2) is 18.2 Å². The molecule has 2 rings (SSSR count). The Balaban J connectivity index is 2.19. The highest BCUT2D eigenvalue weighted by Gasteiger charge is 2.21. The minimum atomic E-state index is 0.502. The first-order valence-corrected chi connectivity index (χ1v) is 8.37. The summed E-state index contributed by atoms with van der Waals surface area (Å²) in [5.41, 5.74) is 2.55. The van der Waals surface area contributed by atoms with E-state index in [2.05, 4.69) is 56.1 Å². The van der Waals surface area contributed by atoms with Gasteiger partial charge in [-0.05, 0) is 50.8 Å². The maximum Gasteiger partial charge on any atom is 0.142 e. The molecule has 1 aliphatic heterocycles. The van der Waals surface area contributed by atoms with Gasteiger partial charge in [-0.2, -0.15) is 0 Å². The number of rotatable bonds is 6. The summed E-state index contributed by atoms with van der Waals surface area (Å²) in [5, 5.41) is 3.47. The highest BCUT2D eigenvalue weighted by molar-refractivity contribution is 5.60. The second-order valence-electron chi connectivity index (χ2n) is 6.31. The fourth-order valence-corrected chi connectivity index (χ4v) is 2.95. The summed E-state index contributed by atoms with van der Waals surface area (Å²) in [6.07, 6.45) is 3.91. The lowest BCUT2D eigenvalue weighted by atomic mass is 10.0. The monoisotopic (exact) mass is 290 g/mol. The Morgan fingerprint density at radius 2 is 2.14 bits per heavy atom. The topological polar surface area (TPSA) is 24.5 Å². The summed E-state index contributed by atoms with van der Waals surface area (Å²) in [7, 11) is 0. The number of piperidine rings is 1. The van der Waals surface area contributed by atoms with Crippen molar-refractivity contribution in [2.24, 2.45) is 0 Å². The summed E-state index contributed by atoms with van der Waals surface area (Å²) < 4.78 is 5.92. The molecule has 3 nitrogen and oxygen atoms in total. The van der Waals surface area contributed by atoms with Crippen LogP contribution in [-0.2, 0) is 6.54 Å². The predicted molar refractivity (Wildman–Crippen MR) is 90.2 cm³/mol. The third-order valence-corrected chi connectivity index (χ3v) is 4.15. The molecule has 118 valence electrons. The van der Waals surface area contributed by atoms with Crippen molar-refractivity contribution in [3.63, 3.8) is 0 Å². The van der Waals surface area contributed by atoms with Crippen molar-refractivity contribution in [1.82, 2.24) is 5.32 Å². The number of hydrogen-bond donors (Lipinski definition) is 1. The summed E-state index contributed by atoms with van der Waals surface area (Å²) in [5.74, 6) is 1.04. The number of nitrogens with zero attached hydrogens (tertiary/aromatic N) is 1. The van der Waals surface area contributed by atoms with Crippen LogP contribution in [0.2, 0.25) is 0 Å². The van der Waals surface area contributed by atoms with Gasteiger partial charge in [0.05, 0.1) is 12.3 Å². The quantitative estimate of drug-likeness (QED) is 0.858. The molecule has 1 fully saturated rings. The molecular weight excluding hydrogens is 260 g/mol. The average Bonchev–Trinajstić information content (AvgIpc) is 2.47. The maximum absolute atomic E-state index is 5.92. The minimum absolute atomic E-state index is 0.502. The van der Waals surface area contributed by atoms with Gasteiger partial charge in [0, 0.05) is 25.2 Å². The lowest BCUT2D eigenvalue weighted by Crippen LogP contribution is -2.37. The molecule has 0 amide bonds. The molecule has 1 saturated heterocycles. The van der Waals surface area contributed by atoms with Crippen LogP contribution < -0.4 is 15.0 Å². The first kappa shape index (κ1) is 16.2. The highest BCUT2D eigenvalue weighted by Crippen LogP contribution is 2.34. The maximum atomic E-state index is 5.92. The molecule has 1 aromatic rings. The van der Waals surface area contributed by atoms with Gasteiger partial charge in [0.2, 0.25) is 0 Å². The number of anilines is 1. The van der Waals surface area contributed by atoms with E-state index in [9.17, 15) is 0 Å². The van der Waals surface area contributed by atoms with Crippen LogP contribution in [0.4, 0.5) is 5.69 Å². The summed E-state index contributed by atoms with van der Waals surface area (Å²) >= 11 is 0. The summed E-state index contributed by atoms with van der Waals surface area (Å²) in [6, 6.07) is 7.79. The SMILES string of the molecule is CCOc1cc(CNC(C)C)ccc1N1CCCCC1C. The number of ether oxygens (including phenoxy) is 1. The van der Waals surface area contributed by atoms with Crippen LogP contribution in [0.3, 0.4) is 0 Å². The zero-order chi connectivity index (χ0) is 15.2. The van der Waals surface area contributed by atoms with Gasteiger partial charge in [0.1, 0.15) is 5.75 Å². The van der Waals surface area contributed by atoms with Crippen molar-refractivity contribution in [2.45, 2.75) is 65.6 Å². The zero-order valence-corrected chi connectivity index (χ0v) is 14.0. The van der Waals surface area contributed by atoms with Gasteiger partial charge >= 0.3 is 0 Å². The molecule has 0 aliphatic carbocycles. The Morgan fingerprint density at radius 3 is 2.81 bits per heavy atom. The van der Waals surface area contributed by atoms with Crippen molar-refractivity contribution in [2.75, 3.05) is 18.1 Å². The van der Waals surface area contributed by atoms with E-state index in [0.29, 0.717) is 12.1 Å². The van der Waals surface area contributed by atoms with E-state index in [1.165, 1.54) is 30.5 Å². The molecule has 0 bridgehead atoms. The van der Waals surface area contributed by atoms with Gasteiger partial charge in [-0.1, -0.05) is 19.9 Å². The van der Waals surface area contributed by atoms with E-state index in [4.69, 9.17) is 4.74 Å². The van der Waals surface area contributed by atoms with Gasteiger partial charge in [-0.3, -0.25) is 0 Å². The van der Waals surface area contributed by atoms with Gasteiger partial charge in [0.25, 0.3) is 0 Å². The van der Waals surface area contributed by atoms with Crippen molar-refractivity contribution < 1.29 is 4.74 Å². The smallest absolute Gasteiger partial charge is 0.142 e. The molecule has 0 saturated carbocycles. The first-order chi connectivity index (χ1) is 10.1. The molecular formula is C18H30N2O. The fourth-order valence-electron chi connectivity index (χ4n) is 2.95. The molecule has 1 unspecified atom stereocenters. The van der Waals surface area contributed by atoms with Crippen LogP contribution in [0.1, 0.15) is 52.5 Å². The van der Waals surface area contributed by atoms with Gasteiger partial charge < -0.3 is 15.0 Å². The Kier molecular flexibility index (Phi) is 5.92.